The third-order valence-electron chi connectivity index (χ3n) is 3.63. The second-order valence-electron chi connectivity index (χ2n) is 5.31. The van der Waals surface area contributed by atoms with Gasteiger partial charge in [-0.15, -0.1) is 0 Å². The summed E-state index contributed by atoms with van der Waals surface area (Å²) < 4.78 is 11.4. The Morgan fingerprint density at radius 2 is 1.55 bits per heavy atom. The van der Waals surface area contributed by atoms with E-state index in [-0.39, 0.29) is 5.91 Å². The quantitative estimate of drug-likeness (QED) is 0.849. The largest absolute Gasteiger partial charge is 0.337 e. The molecule has 2 aromatic rings. The number of benzene rings is 2. The Hall–Kier alpha value is -1.94. The van der Waals surface area contributed by atoms with Gasteiger partial charge >= 0.3 is 0 Å². The molecule has 0 aliphatic heterocycles. The highest BCUT2D eigenvalue weighted by atomic mass is 32.2. The molecule has 2 aromatic carbocycles. The van der Waals surface area contributed by atoms with Gasteiger partial charge in [0.2, 0.25) is 0 Å². The van der Waals surface area contributed by atoms with Gasteiger partial charge in [-0.2, -0.15) is 0 Å². The Labute approximate surface area is 134 Å². The molecule has 0 spiro atoms. The van der Waals surface area contributed by atoms with Crippen LogP contribution in [0, 0.1) is 0 Å². The fourth-order valence-electron chi connectivity index (χ4n) is 2.24. The molecule has 116 valence electrons. The standard InChI is InChI=1S/C18H21NO2S/c1-4-14-5-7-15(8-6-14)13-19(2)18(20)16-9-11-17(12-10-16)22(3)21/h5-12H,4,13H2,1-3H3. The molecule has 22 heavy (non-hydrogen) atoms. The lowest BCUT2D eigenvalue weighted by Crippen LogP contribution is -2.26. The van der Waals surface area contributed by atoms with Gasteiger partial charge in [0.1, 0.15) is 0 Å². The van der Waals surface area contributed by atoms with Crippen LogP contribution in [0.2, 0.25) is 0 Å². The van der Waals surface area contributed by atoms with E-state index in [1.807, 2.05) is 0 Å². The second-order valence-corrected chi connectivity index (χ2v) is 6.69. The zero-order valence-electron chi connectivity index (χ0n) is 13.2. The Morgan fingerprint density at radius 3 is 2.05 bits per heavy atom. The molecular weight excluding hydrogens is 294 g/mol. The number of hydrogen-bond acceptors (Lipinski definition) is 2. The predicted octanol–water partition coefficient (Wildman–Crippen LogP) is 3.26. The summed E-state index contributed by atoms with van der Waals surface area (Å²) in [7, 11) is 0.773. The normalized spacial score (nSPS) is 12.0. The Morgan fingerprint density at radius 1 is 1.00 bits per heavy atom. The number of amides is 1. The fraction of sp³-hybridized carbons (Fsp3) is 0.278. The van der Waals surface area contributed by atoms with E-state index in [1.54, 1.807) is 42.5 Å². The number of nitrogens with zero attached hydrogens (tertiary/aromatic N) is 1. The summed E-state index contributed by atoms with van der Waals surface area (Å²) in [6, 6.07) is 15.3. The van der Waals surface area contributed by atoms with Crippen LogP contribution in [0.5, 0.6) is 0 Å². The number of hydrogen-bond donors (Lipinski definition) is 0. The lowest BCUT2D eigenvalue weighted by molar-refractivity contribution is 0.0785. The van der Waals surface area contributed by atoms with Gasteiger partial charge in [0.15, 0.2) is 0 Å². The van der Waals surface area contributed by atoms with Crippen LogP contribution in [0.3, 0.4) is 0 Å². The maximum atomic E-state index is 12.4. The summed E-state index contributed by atoms with van der Waals surface area (Å²) in [6.07, 6.45) is 2.64. The van der Waals surface area contributed by atoms with Gasteiger partial charge in [0, 0.05) is 41.1 Å². The fourth-order valence-corrected chi connectivity index (χ4v) is 2.75. The summed E-state index contributed by atoms with van der Waals surface area (Å²) in [6.45, 7) is 2.70. The van der Waals surface area contributed by atoms with E-state index >= 15 is 0 Å². The first-order valence-electron chi connectivity index (χ1n) is 7.28. The first-order chi connectivity index (χ1) is 10.5. The van der Waals surface area contributed by atoms with Crippen molar-refractivity contribution in [3.05, 3.63) is 65.2 Å². The molecule has 1 unspecified atom stereocenters. The lowest BCUT2D eigenvalue weighted by Gasteiger charge is -2.17. The van der Waals surface area contributed by atoms with E-state index in [2.05, 4.69) is 31.2 Å². The van der Waals surface area contributed by atoms with E-state index in [1.165, 1.54) is 5.56 Å². The monoisotopic (exact) mass is 315 g/mol. The Bertz CT molecular complexity index is 662. The summed E-state index contributed by atoms with van der Waals surface area (Å²) >= 11 is 0. The Balaban J connectivity index is 2.06. The van der Waals surface area contributed by atoms with E-state index in [4.69, 9.17) is 0 Å². The first-order valence-corrected chi connectivity index (χ1v) is 8.84. The highest BCUT2D eigenvalue weighted by Gasteiger charge is 2.12. The van der Waals surface area contributed by atoms with Gasteiger partial charge in [0.05, 0.1) is 0 Å². The van der Waals surface area contributed by atoms with E-state index in [9.17, 15) is 9.00 Å². The molecule has 3 nitrogen and oxygen atoms in total. The maximum Gasteiger partial charge on any atom is 0.253 e. The molecule has 0 bridgehead atoms. The zero-order valence-corrected chi connectivity index (χ0v) is 14.0. The van der Waals surface area contributed by atoms with Crippen LogP contribution in [0.4, 0.5) is 0 Å². The molecule has 0 N–H and O–H groups in total. The number of rotatable bonds is 5. The van der Waals surface area contributed by atoms with Gasteiger partial charge in [0.25, 0.3) is 5.91 Å². The topological polar surface area (TPSA) is 37.4 Å². The summed E-state index contributed by atoms with van der Waals surface area (Å²) in [5.74, 6) is -0.0343. The van der Waals surface area contributed by atoms with Crippen LogP contribution < -0.4 is 0 Å². The van der Waals surface area contributed by atoms with Crippen molar-refractivity contribution in [2.75, 3.05) is 13.3 Å². The molecule has 0 radical (unpaired) electrons. The third-order valence-corrected chi connectivity index (χ3v) is 4.57. The van der Waals surface area contributed by atoms with Crippen molar-refractivity contribution in [2.24, 2.45) is 0 Å². The average Bonchev–Trinajstić information content (AvgIpc) is 2.55. The molecule has 1 amide bonds. The zero-order chi connectivity index (χ0) is 16.1. The van der Waals surface area contributed by atoms with Crippen molar-refractivity contribution < 1.29 is 9.00 Å². The van der Waals surface area contributed by atoms with E-state index < -0.39 is 10.8 Å². The molecule has 4 heteroatoms. The van der Waals surface area contributed by atoms with Crippen LogP contribution in [0.1, 0.15) is 28.4 Å². The van der Waals surface area contributed by atoms with Crippen molar-refractivity contribution in [2.45, 2.75) is 24.8 Å². The minimum atomic E-state index is -1.02. The molecule has 0 saturated carbocycles. The van der Waals surface area contributed by atoms with E-state index in [0.717, 1.165) is 16.9 Å². The molecule has 2 rings (SSSR count). The Kier molecular flexibility index (Phi) is 5.50. The van der Waals surface area contributed by atoms with E-state index in [0.29, 0.717) is 12.1 Å². The molecule has 0 aliphatic rings. The number of aryl methyl sites for hydroxylation is 1. The highest BCUT2D eigenvalue weighted by Crippen LogP contribution is 2.12. The minimum absolute atomic E-state index is 0.0343. The molecule has 0 aromatic heterocycles. The summed E-state index contributed by atoms with van der Waals surface area (Å²) in [5, 5.41) is 0. The number of carbonyl (C=O) groups is 1. The van der Waals surface area contributed by atoms with Gasteiger partial charge in [-0.05, 0) is 41.8 Å². The van der Waals surface area contributed by atoms with Crippen molar-refractivity contribution in [1.29, 1.82) is 0 Å². The van der Waals surface area contributed by atoms with Gasteiger partial charge in [-0.1, -0.05) is 31.2 Å². The van der Waals surface area contributed by atoms with Crippen molar-refractivity contribution in [1.82, 2.24) is 4.90 Å². The molecular formula is C18H21NO2S. The molecule has 0 heterocycles. The van der Waals surface area contributed by atoms with Crippen LogP contribution in [-0.4, -0.2) is 28.3 Å². The molecule has 0 fully saturated rings. The van der Waals surface area contributed by atoms with Crippen LogP contribution >= 0.6 is 0 Å². The van der Waals surface area contributed by atoms with Gasteiger partial charge < -0.3 is 4.90 Å². The summed E-state index contributed by atoms with van der Waals surface area (Å²) in [5.41, 5.74) is 3.02. The lowest BCUT2D eigenvalue weighted by atomic mass is 10.1. The van der Waals surface area contributed by atoms with Crippen LogP contribution in [0.15, 0.2) is 53.4 Å². The van der Waals surface area contributed by atoms with Crippen molar-refractivity contribution >= 4 is 16.7 Å². The average molecular weight is 315 g/mol. The smallest absolute Gasteiger partial charge is 0.253 e. The van der Waals surface area contributed by atoms with Crippen molar-refractivity contribution in [3.8, 4) is 0 Å². The van der Waals surface area contributed by atoms with Gasteiger partial charge in [-0.3, -0.25) is 9.00 Å². The van der Waals surface area contributed by atoms with Crippen LogP contribution in [0.25, 0.3) is 0 Å². The maximum absolute atomic E-state index is 12.4. The third kappa shape index (κ3) is 4.04. The van der Waals surface area contributed by atoms with Crippen LogP contribution in [-0.2, 0) is 23.8 Å². The SMILES string of the molecule is CCc1ccc(CN(C)C(=O)c2ccc(S(C)=O)cc2)cc1. The molecule has 0 saturated heterocycles. The molecule has 0 aliphatic carbocycles. The van der Waals surface area contributed by atoms with Crippen molar-refractivity contribution in [3.63, 3.8) is 0 Å². The second kappa shape index (κ2) is 7.36. The molecule has 1 atom stereocenters. The van der Waals surface area contributed by atoms with Gasteiger partial charge in [-0.25, -0.2) is 0 Å². The highest BCUT2D eigenvalue weighted by molar-refractivity contribution is 7.84. The summed E-state index contributed by atoms with van der Waals surface area (Å²) in [4.78, 5) is 14.8. The predicted molar refractivity (Wildman–Crippen MR) is 90.4 cm³/mol. The number of carbonyl (C=O) groups excluding carboxylic acids is 1. The minimum Gasteiger partial charge on any atom is -0.337 e. The first kappa shape index (κ1) is 16.4.